The van der Waals surface area contributed by atoms with E-state index >= 15 is 0 Å². The highest BCUT2D eigenvalue weighted by Gasteiger charge is 2.41. The van der Waals surface area contributed by atoms with E-state index in [2.05, 4.69) is 60.2 Å². The number of aromatic nitrogens is 1. The van der Waals surface area contributed by atoms with Gasteiger partial charge in [0.15, 0.2) is 0 Å². The van der Waals surface area contributed by atoms with E-state index in [1.807, 2.05) is 34.1 Å². The molecule has 1 heterocycles. The van der Waals surface area contributed by atoms with Gasteiger partial charge in [0.2, 0.25) is 11.8 Å². The Morgan fingerprint density at radius 1 is 0.882 bits per heavy atom. The second-order valence-corrected chi connectivity index (χ2v) is 9.76. The second kappa shape index (κ2) is 9.88. The number of carbonyl (C=O) groups excluding carboxylic acids is 2. The quantitative estimate of drug-likeness (QED) is 0.442. The maximum absolute atomic E-state index is 13.6. The fraction of sp³-hybridized carbons (Fsp3) is 0.379. The van der Waals surface area contributed by atoms with E-state index in [1.54, 1.807) is 0 Å². The zero-order valence-corrected chi connectivity index (χ0v) is 19.9. The van der Waals surface area contributed by atoms with E-state index in [0.29, 0.717) is 13.1 Å². The van der Waals surface area contributed by atoms with Crippen molar-refractivity contribution in [2.75, 3.05) is 6.54 Å². The molecule has 2 aliphatic rings. The molecule has 5 rings (SSSR count). The third-order valence-electron chi connectivity index (χ3n) is 6.95. The number of hydrogen-bond donors (Lipinski definition) is 0. The van der Waals surface area contributed by atoms with Gasteiger partial charge in [0, 0.05) is 36.9 Å². The summed E-state index contributed by atoms with van der Waals surface area (Å²) in [5.41, 5.74) is 4.73. The SMILES string of the molecule is Cc1ccccc1Cn1cccc1CN(Cc1ccccc1)C(=O)CN(C(=O)C1CC1)C1CC1. The van der Waals surface area contributed by atoms with Gasteiger partial charge in [0.1, 0.15) is 6.54 Å². The predicted octanol–water partition coefficient (Wildman–Crippen LogP) is 4.77. The summed E-state index contributed by atoms with van der Waals surface area (Å²) in [6, 6.07) is 22.9. The maximum atomic E-state index is 13.6. The van der Waals surface area contributed by atoms with Gasteiger partial charge in [-0.25, -0.2) is 0 Å². The van der Waals surface area contributed by atoms with Crippen LogP contribution < -0.4 is 0 Å². The van der Waals surface area contributed by atoms with Crippen LogP contribution in [0.3, 0.4) is 0 Å². The topological polar surface area (TPSA) is 45.6 Å². The number of benzene rings is 2. The molecule has 0 radical (unpaired) electrons. The molecule has 5 nitrogen and oxygen atoms in total. The lowest BCUT2D eigenvalue weighted by atomic mass is 10.1. The number of nitrogens with zero attached hydrogens (tertiary/aromatic N) is 3. The van der Waals surface area contributed by atoms with Gasteiger partial charge in [-0.2, -0.15) is 0 Å². The lowest BCUT2D eigenvalue weighted by Gasteiger charge is -2.28. The molecular weight excluding hydrogens is 422 g/mol. The summed E-state index contributed by atoms with van der Waals surface area (Å²) in [6.45, 7) is 4.14. The van der Waals surface area contributed by atoms with Crippen LogP contribution in [0.25, 0.3) is 0 Å². The summed E-state index contributed by atoms with van der Waals surface area (Å²) in [4.78, 5) is 30.2. The Balaban J connectivity index is 1.35. The molecule has 2 aromatic carbocycles. The fourth-order valence-electron chi connectivity index (χ4n) is 4.53. The summed E-state index contributed by atoms with van der Waals surface area (Å²) >= 11 is 0. The Morgan fingerprint density at radius 3 is 2.32 bits per heavy atom. The molecule has 34 heavy (non-hydrogen) atoms. The molecule has 2 amide bonds. The molecule has 0 unspecified atom stereocenters. The molecule has 176 valence electrons. The van der Waals surface area contributed by atoms with Gasteiger partial charge >= 0.3 is 0 Å². The van der Waals surface area contributed by atoms with E-state index in [0.717, 1.165) is 43.5 Å². The first-order chi connectivity index (χ1) is 16.6. The highest BCUT2D eigenvalue weighted by atomic mass is 16.2. The lowest BCUT2D eigenvalue weighted by Crippen LogP contribution is -2.44. The van der Waals surface area contributed by atoms with Crippen LogP contribution in [0, 0.1) is 12.8 Å². The molecule has 1 aromatic heterocycles. The summed E-state index contributed by atoms with van der Waals surface area (Å²) in [7, 11) is 0. The van der Waals surface area contributed by atoms with Gasteiger partial charge in [0.05, 0.1) is 6.54 Å². The standard InChI is InChI=1S/C29H33N3O2/c1-22-8-5-6-11-25(22)19-30-17-7-12-27(30)20-31(18-23-9-3-2-4-10-23)28(33)21-32(26-15-16-26)29(34)24-13-14-24/h2-12,17,24,26H,13-16,18-21H2,1H3. The Hall–Kier alpha value is -3.34. The molecule has 0 N–H and O–H groups in total. The van der Waals surface area contributed by atoms with E-state index < -0.39 is 0 Å². The molecule has 2 saturated carbocycles. The molecule has 3 aromatic rings. The summed E-state index contributed by atoms with van der Waals surface area (Å²) in [6.07, 6.45) is 6.06. The van der Waals surface area contributed by atoms with Gasteiger partial charge in [-0.3, -0.25) is 9.59 Å². The van der Waals surface area contributed by atoms with Gasteiger partial charge in [0.25, 0.3) is 0 Å². The zero-order chi connectivity index (χ0) is 23.5. The number of hydrogen-bond acceptors (Lipinski definition) is 2. The van der Waals surface area contributed by atoms with Crippen molar-refractivity contribution in [3.05, 3.63) is 95.3 Å². The van der Waals surface area contributed by atoms with Crippen LogP contribution in [0.15, 0.2) is 72.9 Å². The molecule has 2 aliphatic carbocycles. The molecule has 5 heteroatoms. The normalized spacial score (nSPS) is 15.2. The first-order valence-electron chi connectivity index (χ1n) is 12.4. The third kappa shape index (κ3) is 5.41. The summed E-state index contributed by atoms with van der Waals surface area (Å²) in [5, 5.41) is 0. The largest absolute Gasteiger partial charge is 0.345 e. The van der Waals surface area contributed by atoms with Crippen molar-refractivity contribution in [3.8, 4) is 0 Å². The molecule has 0 spiro atoms. The zero-order valence-electron chi connectivity index (χ0n) is 19.9. The fourth-order valence-corrected chi connectivity index (χ4v) is 4.53. The highest BCUT2D eigenvalue weighted by Crippen LogP contribution is 2.36. The van der Waals surface area contributed by atoms with Crippen molar-refractivity contribution in [2.24, 2.45) is 5.92 Å². The predicted molar refractivity (Wildman–Crippen MR) is 133 cm³/mol. The van der Waals surface area contributed by atoms with E-state index in [1.165, 1.54) is 11.1 Å². The Bertz CT molecular complexity index is 1140. The average Bonchev–Trinajstić information content (AvgIpc) is 3.77. The first-order valence-corrected chi connectivity index (χ1v) is 12.4. The monoisotopic (exact) mass is 455 g/mol. The highest BCUT2D eigenvalue weighted by molar-refractivity contribution is 5.87. The van der Waals surface area contributed by atoms with E-state index in [-0.39, 0.29) is 30.3 Å². The van der Waals surface area contributed by atoms with Gasteiger partial charge in [-0.15, -0.1) is 0 Å². The van der Waals surface area contributed by atoms with Crippen LogP contribution in [0.1, 0.15) is 48.1 Å². The van der Waals surface area contributed by atoms with E-state index in [4.69, 9.17) is 0 Å². The lowest BCUT2D eigenvalue weighted by molar-refractivity contribution is -0.142. The van der Waals surface area contributed by atoms with Crippen LogP contribution >= 0.6 is 0 Å². The number of amides is 2. The van der Waals surface area contributed by atoms with Crippen LogP contribution in [-0.2, 0) is 29.2 Å². The Labute approximate surface area is 202 Å². The molecule has 0 bridgehead atoms. The molecule has 0 saturated heterocycles. The summed E-state index contributed by atoms with van der Waals surface area (Å²) in [5.74, 6) is 0.342. The minimum Gasteiger partial charge on any atom is -0.345 e. The van der Waals surface area contributed by atoms with Crippen molar-refractivity contribution < 1.29 is 9.59 Å². The first kappa shape index (κ1) is 22.5. The Kier molecular flexibility index (Phi) is 6.52. The van der Waals surface area contributed by atoms with Crippen molar-refractivity contribution in [3.63, 3.8) is 0 Å². The molecule has 0 atom stereocenters. The van der Waals surface area contributed by atoms with Crippen LogP contribution in [-0.4, -0.2) is 38.8 Å². The second-order valence-electron chi connectivity index (χ2n) is 9.76. The third-order valence-corrected chi connectivity index (χ3v) is 6.95. The van der Waals surface area contributed by atoms with Crippen molar-refractivity contribution in [1.29, 1.82) is 0 Å². The molecule has 2 fully saturated rings. The minimum atomic E-state index is 0.0217. The van der Waals surface area contributed by atoms with Crippen LogP contribution in [0.5, 0.6) is 0 Å². The van der Waals surface area contributed by atoms with Crippen molar-refractivity contribution in [1.82, 2.24) is 14.4 Å². The van der Waals surface area contributed by atoms with Gasteiger partial charge < -0.3 is 14.4 Å². The maximum Gasteiger partial charge on any atom is 0.242 e. The van der Waals surface area contributed by atoms with Gasteiger partial charge in [-0.1, -0.05) is 54.6 Å². The minimum absolute atomic E-state index is 0.0217. The Morgan fingerprint density at radius 2 is 1.62 bits per heavy atom. The van der Waals surface area contributed by atoms with Crippen molar-refractivity contribution in [2.45, 2.75) is 58.3 Å². The summed E-state index contributed by atoms with van der Waals surface area (Å²) < 4.78 is 2.22. The van der Waals surface area contributed by atoms with Gasteiger partial charge in [-0.05, 0) is 61.4 Å². The number of aryl methyl sites for hydroxylation is 1. The van der Waals surface area contributed by atoms with Crippen molar-refractivity contribution >= 4 is 11.8 Å². The van der Waals surface area contributed by atoms with E-state index in [9.17, 15) is 9.59 Å². The smallest absolute Gasteiger partial charge is 0.242 e. The molecular formula is C29H33N3O2. The number of carbonyl (C=O) groups is 2. The number of rotatable bonds is 10. The van der Waals surface area contributed by atoms with Crippen LogP contribution in [0.2, 0.25) is 0 Å². The molecule has 0 aliphatic heterocycles. The van der Waals surface area contributed by atoms with Crippen LogP contribution in [0.4, 0.5) is 0 Å². The average molecular weight is 456 g/mol.